The topological polar surface area (TPSA) is 97.0 Å². The van der Waals surface area contributed by atoms with Crippen molar-refractivity contribution < 1.29 is 9.32 Å². The van der Waals surface area contributed by atoms with E-state index in [0.29, 0.717) is 11.0 Å². The third kappa shape index (κ3) is 2.78. The maximum absolute atomic E-state index is 12.4. The largest absolute Gasteiger partial charge is 0.355 e. The molecule has 1 aliphatic heterocycles. The van der Waals surface area contributed by atoms with Crippen molar-refractivity contribution in [3.63, 3.8) is 0 Å². The highest BCUT2D eigenvalue weighted by Crippen LogP contribution is 2.19. The minimum absolute atomic E-state index is 0.0993. The Balaban J connectivity index is 1.39. The van der Waals surface area contributed by atoms with Gasteiger partial charge < -0.3 is 14.7 Å². The molecule has 1 saturated heterocycles. The first kappa shape index (κ1) is 14.6. The zero-order valence-electron chi connectivity index (χ0n) is 12.9. The van der Waals surface area contributed by atoms with Gasteiger partial charge in [-0.3, -0.25) is 4.79 Å². The summed E-state index contributed by atoms with van der Waals surface area (Å²) in [6.07, 6.45) is 4.96. The summed E-state index contributed by atoms with van der Waals surface area (Å²) >= 11 is 0. The third-order valence-corrected chi connectivity index (χ3v) is 4.17. The van der Waals surface area contributed by atoms with E-state index in [9.17, 15) is 4.79 Å². The fourth-order valence-corrected chi connectivity index (χ4v) is 2.91. The molecule has 1 N–H and O–H groups in total. The summed E-state index contributed by atoms with van der Waals surface area (Å²) in [6.45, 7) is 1.64. The number of piperidine rings is 1. The molecule has 0 aliphatic carbocycles. The Bertz CT molecular complexity index is 842. The Kier molecular flexibility index (Phi) is 3.78. The number of rotatable bonds is 3. The third-order valence-electron chi connectivity index (χ3n) is 4.17. The number of nitrogens with one attached hydrogen (secondary N) is 1. The molecule has 0 bridgehead atoms. The van der Waals surface area contributed by atoms with Gasteiger partial charge in [0.25, 0.3) is 5.91 Å². The molecule has 3 aromatic rings. The van der Waals surface area contributed by atoms with Crippen LogP contribution in [0.15, 0.2) is 41.2 Å². The highest BCUT2D eigenvalue weighted by atomic mass is 16.5. The van der Waals surface area contributed by atoms with Crippen LogP contribution in [0.25, 0.3) is 11.0 Å². The van der Waals surface area contributed by atoms with E-state index in [-0.39, 0.29) is 17.7 Å². The molecule has 4 rings (SSSR count). The SMILES string of the molecule is O=C(NC1CCN(c2cccnn2)CC1)c1onc2ncccc12. The Morgan fingerprint density at radius 1 is 1.21 bits per heavy atom. The summed E-state index contributed by atoms with van der Waals surface area (Å²) < 4.78 is 5.16. The fraction of sp³-hybridized carbons (Fsp3) is 0.312. The van der Waals surface area contributed by atoms with E-state index in [1.165, 1.54) is 0 Å². The minimum atomic E-state index is -0.247. The summed E-state index contributed by atoms with van der Waals surface area (Å²) in [7, 11) is 0. The van der Waals surface area contributed by atoms with Gasteiger partial charge in [0.05, 0.1) is 5.39 Å². The maximum Gasteiger partial charge on any atom is 0.290 e. The van der Waals surface area contributed by atoms with Gasteiger partial charge in [0.2, 0.25) is 11.4 Å². The number of hydrogen-bond acceptors (Lipinski definition) is 7. The first-order valence-corrected chi connectivity index (χ1v) is 7.85. The van der Waals surface area contributed by atoms with E-state index in [1.807, 2.05) is 12.1 Å². The summed E-state index contributed by atoms with van der Waals surface area (Å²) in [4.78, 5) is 18.7. The molecule has 24 heavy (non-hydrogen) atoms. The molecular formula is C16H16N6O2. The van der Waals surface area contributed by atoms with Gasteiger partial charge in [-0.15, -0.1) is 5.10 Å². The molecule has 3 aromatic heterocycles. The molecule has 1 fully saturated rings. The van der Waals surface area contributed by atoms with Crippen LogP contribution in [0.3, 0.4) is 0 Å². The van der Waals surface area contributed by atoms with E-state index in [0.717, 1.165) is 31.7 Å². The van der Waals surface area contributed by atoms with Crippen LogP contribution < -0.4 is 10.2 Å². The van der Waals surface area contributed by atoms with Gasteiger partial charge in [-0.1, -0.05) is 5.16 Å². The molecule has 1 aliphatic rings. The predicted octanol–water partition coefficient (Wildman–Crippen LogP) is 1.41. The molecule has 0 radical (unpaired) electrons. The summed E-state index contributed by atoms with van der Waals surface area (Å²) in [5, 5.41) is 15.5. The molecule has 122 valence electrons. The Hall–Kier alpha value is -3.03. The second-order valence-electron chi connectivity index (χ2n) is 5.70. The number of pyridine rings is 1. The second-order valence-corrected chi connectivity index (χ2v) is 5.70. The molecule has 1 amide bonds. The normalized spacial score (nSPS) is 15.6. The van der Waals surface area contributed by atoms with Crippen LogP contribution >= 0.6 is 0 Å². The monoisotopic (exact) mass is 324 g/mol. The zero-order valence-corrected chi connectivity index (χ0v) is 12.9. The standard InChI is InChI=1S/C16H16N6O2/c23-16(14-12-3-1-7-17-15(12)21-24-14)19-11-5-9-22(10-6-11)13-4-2-8-18-20-13/h1-4,7-8,11H,5-6,9-10H2,(H,19,23). The average molecular weight is 324 g/mol. The Labute approximate surface area is 137 Å². The van der Waals surface area contributed by atoms with Crippen molar-refractivity contribution in [1.82, 2.24) is 25.7 Å². The number of nitrogens with zero attached hydrogens (tertiary/aromatic N) is 5. The molecule has 8 nitrogen and oxygen atoms in total. The van der Waals surface area contributed by atoms with E-state index >= 15 is 0 Å². The van der Waals surface area contributed by atoms with Crippen molar-refractivity contribution in [3.05, 3.63) is 42.4 Å². The summed E-state index contributed by atoms with van der Waals surface area (Å²) in [6, 6.07) is 7.46. The van der Waals surface area contributed by atoms with Gasteiger partial charge in [-0.25, -0.2) is 4.98 Å². The number of fused-ring (bicyclic) bond motifs is 1. The Morgan fingerprint density at radius 3 is 2.83 bits per heavy atom. The van der Waals surface area contributed by atoms with E-state index < -0.39 is 0 Å². The minimum Gasteiger partial charge on any atom is -0.355 e. The average Bonchev–Trinajstić information content (AvgIpc) is 3.07. The van der Waals surface area contributed by atoms with Gasteiger partial charge in [0.1, 0.15) is 0 Å². The number of hydrogen-bond donors (Lipinski definition) is 1. The lowest BCUT2D eigenvalue weighted by Gasteiger charge is -2.32. The molecule has 0 unspecified atom stereocenters. The van der Waals surface area contributed by atoms with Gasteiger partial charge in [0.15, 0.2) is 5.82 Å². The van der Waals surface area contributed by atoms with Crippen LogP contribution in [0.1, 0.15) is 23.4 Å². The molecule has 0 aromatic carbocycles. The fourth-order valence-electron chi connectivity index (χ4n) is 2.91. The molecule has 0 atom stereocenters. The van der Waals surface area contributed by atoms with Crippen LogP contribution in [-0.4, -0.2) is 45.4 Å². The maximum atomic E-state index is 12.4. The van der Waals surface area contributed by atoms with Crippen molar-refractivity contribution in [2.75, 3.05) is 18.0 Å². The summed E-state index contributed by atoms with van der Waals surface area (Å²) in [5.41, 5.74) is 0.445. The van der Waals surface area contributed by atoms with E-state index in [1.54, 1.807) is 24.5 Å². The lowest BCUT2D eigenvalue weighted by molar-refractivity contribution is 0.0896. The quantitative estimate of drug-likeness (QED) is 0.778. The highest BCUT2D eigenvalue weighted by Gasteiger charge is 2.24. The van der Waals surface area contributed by atoms with Gasteiger partial charge in [-0.05, 0) is 37.1 Å². The van der Waals surface area contributed by atoms with Crippen LogP contribution in [-0.2, 0) is 0 Å². The number of carbonyl (C=O) groups excluding carboxylic acids is 1. The van der Waals surface area contributed by atoms with Crippen LogP contribution in [0.4, 0.5) is 5.82 Å². The first-order chi connectivity index (χ1) is 11.8. The highest BCUT2D eigenvalue weighted by molar-refractivity contribution is 6.02. The molecule has 0 saturated carbocycles. The number of anilines is 1. The van der Waals surface area contributed by atoms with Crippen LogP contribution in [0.2, 0.25) is 0 Å². The van der Waals surface area contributed by atoms with Gasteiger partial charge in [-0.2, -0.15) is 5.10 Å². The zero-order chi connectivity index (χ0) is 16.4. The van der Waals surface area contributed by atoms with Crippen molar-refractivity contribution in [2.45, 2.75) is 18.9 Å². The van der Waals surface area contributed by atoms with Gasteiger partial charge in [0, 0.05) is 31.5 Å². The van der Waals surface area contributed by atoms with Gasteiger partial charge >= 0.3 is 0 Å². The lowest BCUT2D eigenvalue weighted by Crippen LogP contribution is -2.45. The predicted molar refractivity (Wildman–Crippen MR) is 86.5 cm³/mol. The van der Waals surface area contributed by atoms with Crippen LogP contribution in [0.5, 0.6) is 0 Å². The van der Waals surface area contributed by atoms with Crippen molar-refractivity contribution >= 4 is 22.8 Å². The lowest BCUT2D eigenvalue weighted by atomic mass is 10.0. The van der Waals surface area contributed by atoms with Crippen LogP contribution in [0, 0.1) is 0 Å². The summed E-state index contributed by atoms with van der Waals surface area (Å²) in [5.74, 6) is 0.840. The second kappa shape index (κ2) is 6.23. The van der Waals surface area contributed by atoms with Crippen molar-refractivity contribution in [2.24, 2.45) is 0 Å². The van der Waals surface area contributed by atoms with E-state index in [4.69, 9.17) is 4.52 Å². The van der Waals surface area contributed by atoms with Crippen molar-refractivity contribution in [1.29, 1.82) is 0 Å². The molecule has 8 heteroatoms. The number of amides is 1. The molecular weight excluding hydrogens is 308 g/mol. The molecule has 4 heterocycles. The van der Waals surface area contributed by atoms with E-state index in [2.05, 4.69) is 30.6 Å². The smallest absolute Gasteiger partial charge is 0.290 e. The molecule has 0 spiro atoms. The number of aromatic nitrogens is 4. The number of carbonyl (C=O) groups is 1. The first-order valence-electron chi connectivity index (χ1n) is 7.85. The van der Waals surface area contributed by atoms with Crippen molar-refractivity contribution in [3.8, 4) is 0 Å². The Morgan fingerprint density at radius 2 is 2.04 bits per heavy atom.